The molecule has 0 fully saturated rings. The molecule has 1 aliphatic rings. The highest BCUT2D eigenvalue weighted by molar-refractivity contribution is 5.97. The summed E-state index contributed by atoms with van der Waals surface area (Å²) in [6.07, 6.45) is 0. The quantitative estimate of drug-likeness (QED) is 0.627. The molecule has 0 atom stereocenters. The van der Waals surface area contributed by atoms with Crippen molar-refractivity contribution in [1.29, 1.82) is 0 Å². The molecule has 0 radical (unpaired) electrons. The standard InChI is InChI=1S/C14H8O5/c15-13(16)9-5-3-7-11-12(9)18-10-6-2-1-4-8(10)14(17)19-11/h1-7H,(H,15,16). The van der Waals surface area contributed by atoms with Gasteiger partial charge in [-0.15, -0.1) is 0 Å². The molecule has 0 saturated carbocycles. The van der Waals surface area contributed by atoms with Crippen molar-refractivity contribution >= 4 is 11.9 Å². The number of hydrogen-bond donors (Lipinski definition) is 1. The number of carboxylic acid groups (broad SMARTS) is 1. The predicted octanol–water partition coefficient (Wildman–Crippen LogP) is 2.71. The van der Waals surface area contributed by atoms with E-state index in [4.69, 9.17) is 14.6 Å². The van der Waals surface area contributed by atoms with Crippen LogP contribution in [-0.2, 0) is 0 Å². The smallest absolute Gasteiger partial charge is 0.347 e. The van der Waals surface area contributed by atoms with Crippen LogP contribution in [0.3, 0.4) is 0 Å². The Morgan fingerprint density at radius 1 is 0.947 bits per heavy atom. The molecule has 19 heavy (non-hydrogen) atoms. The molecule has 0 bridgehead atoms. The fourth-order valence-electron chi connectivity index (χ4n) is 1.86. The molecular weight excluding hydrogens is 248 g/mol. The van der Waals surface area contributed by atoms with Gasteiger partial charge in [0.25, 0.3) is 0 Å². The summed E-state index contributed by atoms with van der Waals surface area (Å²) < 4.78 is 10.7. The van der Waals surface area contributed by atoms with Crippen LogP contribution in [0.4, 0.5) is 0 Å². The van der Waals surface area contributed by atoms with Crippen molar-refractivity contribution in [1.82, 2.24) is 0 Å². The monoisotopic (exact) mass is 256 g/mol. The summed E-state index contributed by atoms with van der Waals surface area (Å²) in [5, 5.41) is 9.13. The van der Waals surface area contributed by atoms with Gasteiger partial charge < -0.3 is 14.6 Å². The molecule has 0 aliphatic carbocycles. The Kier molecular flexibility index (Phi) is 2.45. The van der Waals surface area contributed by atoms with Gasteiger partial charge >= 0.3 is 11.9 Å². The van der Waals surface area contributed by atoms with Gasteiger partial charge in [0.1, 0.15) is 16.9 Å². The first-order valence-electron chi connectivity index (χ1n) is 5.52. The van der Waals surface area contributed by atoms with Gasteiger partial charge in [0.15, 0.2) is 11.5 Å². The van der Waals surface area contributed by atoms with Gasteiger partial charge in [0.2, 0.25) is 0 Å². The van der Waals surface area contributed by atoms with Crippen LogP contribution in [-0.4, -0.2) is 17.0 Å². The minimum Gasteiger partial charge on any atom is -0.478 e. The van der Waals surface area contributed by atoms with Crippen molar-refractivity contribution in [3.63, 3.8) is 0 Å². The number of carbonyl (C=O) groups is 2. The second-order valence-corrected chi connectivity index (χ2v) is 3.93. The van der Waals surface area contributed by atoms with Crippen LogP contribution in [0.5, 0.6) is 17.2 Å². The highest BCUT2D eigenvalue weighted by Gasteiger charge is 2.26. The molecule has 5 nitrogen and oxygen atoms in total. The second-order valence-electron chi connectivity index (χ2n) is 3.93. The number of fused-ring (bicyclic) bond motifs is 2. The first-order valence-corrected chi connectivity index (χ1v) is 5.52. The Morgan fingerprint density at radius 2 is 1.68 bits per heavy atom. The average molecular weight is 256 g/mol. The lowest BCUT2D eigenvalue weighted by Gasteiger charge is -2.09. The van der Waals surface area contributed by atoms with E-state index in [0.717, 1.165) is 0 Å². The van der Waals surface area contributed by atoms with Crippen LogP contribution in [0.1, 0.15) is 20.7 Å². The molecule has 0 spiro atoms. The number of rotatable bonds is 1. The Hall–Kier alpha value is -2.82. The van der Waals surface area contributed by atoms with Crippen molar-refractivity contribution in [2.24, 2.45) is 0 Å². The fourth-order valence-corrected chi connectivity index (χ4v) is 1.86. The lowest BCUT2D eigenvalue weighted by Crippen LogP contribution is -2.07. The van der Waals surface area contributed by atoms with Crippen LogP contribution in [0.2, 0.25) is 0 Å². The SMILES string of the molecule is O=C1Oc2cccc(C(=O)O)c2Oc2ccccc21. The van der Waals surface area contributed by atoms with Crippen LogP contribution in [0, 0.1) is 0 Å². The van der Waals surface area contributed by atoms with Gasteiger partial charge in [-0.25, -0.2) is 9.59 Å². The van der Waals surface area contributed by atoms with Crippen LogP contribution >= 0.6 is 0 Å². The zero-order valence-corrected chi connectivity index (χ0v) is 9.62. The molecule has 1 aliphatic heterocycles. The van der Waals surface area contributed by atoms with Crippen molar-refractivity contribution in [3.8, 4) is 17.2 Å². The third-order valence-electron chi connectivity index (χ3n) is 2.73. The molecular formula is C14H8O5. The van der Waals surface area contributed by atoms with Crippen LogP contribution in [0.25, 0.3) is 0 Å². The number of para-hydroxylation sites is 2. The zero-order valence-electron chi connectivity index (χ0n) is 9.62. The topological polar surface area (TPSA) is 72.8 Å². The van der Waals surface area contributed by atoms with Gasteiger partial charge in [0, 0.05) is 0 Å². The lowest BCUT2D eigenvalue weighted by molar-refractivity contribution is 0.0686. The summed E-state index contributed by atoms with van der Waals surface area (Å²) in [4.78, 5) is 23.1. The van der Waals surface area contributed by atoms with Gasteiger partial charge in [-0.1, -0.05) is 18.2 Å². The van der Waals surface area contributed by atoms with Gasteiger partial charge in [0.05, 0.1) is 0 Å². The first-order chi connectivity index (χ1) is 9.16. The molecule has 0 unspecified atom stereocenters. The van der Waals surface area contributed by atoms with Crippen molar-refractivity contribution < 1.29 is 24.2 Å². The third-order valence-corrected chi connectivity index (χ3v) is 2.73. The maximum absolute atomic E-state index is 11.9. The number of carbonyl (C=O) groups excluding carboxylic acids is 1. The average Bonchev–Trinajstić information content (AvgIpc) is 2.54. The summed E-state index contributed by atoms with van der Waals surface area (Å²) in [5.74, 6) is -1.31. The van der Waals surface area contributed by atoms with E-state index in [1.54, 1.807) is 24.3 Å². The molecule has 94 valence electrons. The number of esters is 1. The molecule has 2 aromatic carbocycles. The molecule has 3 rings (SSSR count). The zero-order chi connectivity index (χ0) is 13.4. The number of benzene rings is 2. The molecule has 0 saturated heterocycles. The molecule has 0 aromatic heterocycles. The Morgan fingerprint density at radius 3 is 2.47 bits per heavy atom. The minimum atomic E-state index is -1.15. The maximum atomic E-state index is 11.9. The Balaban J connectivity index is 2.22. The van der Waals surface area contributed by atoms with E-state index >= 15 is 0 Å². The largest absolute Gasteiger partial charge is 0.478 e. The van der Waals surface area contributed by atoms with E-state index in [2.05, 4.69) is 0 Å². The van der Waals surface area contributed by atoms with E-state index in [1.807, 2.05) is 0 Å². The van der Waals surface area contributed by atoms with Crippen LogP contribution < -0.4 is 9.47 Å². The lowest BCUT2D eigenvalue weighted by atomic mass is 10.2. The Labute approximate surface area is 108 Å². The summed E-state index contributed by atoms with van der Waals surface area (Å²) >= 11 is 0. The number of ether oxygens (including phenoxy) is 2. The number of aromatic carboxylic acids is 1. The van der Waals surface area contributed by atoms with E-state index in [0.29, 0.717) is 0 Å². The normalized spacial score (nSPS) is 12.5. The Bertz CT molecular complexity index is 690. The van der Waals surface area contributed by atoms with E-state index < -0.39 is 11.9 Å². The maximum Gasteiger partial charge on any atom is 0.347 e. The number of hydrogen-bond acceptors (Lipinski definition) is 4. The van der Waals surface area contributed by atoms with E-state index in [9.17, 15) is 9.59 Å². The van der Waals surface area contributed by atoms with Crippen LogP contribution in [0.15, 0.2) is 42.5 Å². The molecule has 1 N–H and O–H groups in total. The van der Waals surface area contributed by atoms with E-state index in [-0.39, 0.29) is 28.4 Å². The van der Waals surface area contributed by atoms with Gasteiger partial charge in [-0.3, -0.25) is 0 Å². The molecule has 5 heteroatoms. The number of carboxylic acids is 1. The molecule has 2 aromatic rings. The van der Waals surface area contributed by atoms with Crippen molar-refractivity contribution in [2.45, 2.75) is 0 Å². The van der Waals surface area contributed by atoms with Crippen molar-refractivity contribution in [3.05, 3.63) is 53.6 Å². The highest BCUT2D eigenvalue weighted by Crippen LogP contribution is 2.39. The summed E-state index contributed by atoms with van der Waals surface area (Å²) in [5.41, 5.74) is 0.206. The fraction of sp³-hybridized carbons (Fsp3) is 0. The van der Waals surface area contributed by atoms with Crippen molar-refractivity contribution in [2.75, 3.05) is 0 Å². The summed E-state index contributed by atoms with van der Waals surface area (Å²) in [6.45, 7) is 0. The first kappa shape index (κ1) is 11.3. The summed E-state index contributed by atoms with van der Waals surface area (Å²) in [6, 6.07) is 10.9. The summed E-state index contributed by atoms with van der Waals surface area (Å²) in [7, 11) is 0. The third kappa shape index (κ3) is 1.81. The van der Waals surface area contributed by atoms with Gasteiger partial charge in [-0.2, -0.15) is 0 Å². The minimum absolute atomic E-state index is 0.0355. The second kappa shape index (κ2) is 4.13. The van der Waals surface area contributed by atoms with E-state index in [1.165, 1.54) is 18.2 Å². The highest BCUT2D eigenvalue weighted by atomic mass is 16.6. The molecule has 0 amide bonds. The predicted molar refractivity (Wildman–Crippen MR) is 64.9 cm³/mol. The molecule has 1 heterocycles. The van der Waals surface area contributed by atoms with Gasteiger partial charge in [-0.05, 0) is 24.3 Å².